The summed E-state index contributed by atoms with van der Waals surface area (Å²) in [4.78, 5) is 14.1. The van der Waals surface area contributed by atoms with Crippen LogP contribution in [0.4, 0.5) is 0 Å². The molecule has 0 radical (unpaired) electrons. The summed E-state index contributed by atoms with van der Waals surface area (Å²) in [6, 6.07) is 0.963. The van der Waals surface area contributed by atoms with E-state index in [2.05, 4.69) is 50.2 Å². The molecule has 0 saturated heterocycles. The summed E-state index contributed by atoms with van der Waals surface area (Å²) in [5.74, 6) is 0.0949. The molecule has 0 aromatic carbocycles. The third-order valence-electron chi connectivity index (χ3n) is 3.09. The van der Waals surface area contributed by atoms with Crippen LogP contribution in [-0.2, 0) is 4.79 Å². The Morgan fingerprint density at radius 2 is 1.61 bits per heavy atom. The van der Waals surface area contributed by atoms with Gasteiger partial charge in [0.2, 0.25) is 5.91 Å². The Morgan fingerprint density at radius 3 is 2.06 bits per heavy atom. The van der Waals surface area contributed by atoms with Crippen molar-refractivity contribution in [2.45, 2.75) is 66.1 Å². The van der Waals surface area contributed by atoms with Crippen LogP contribution in [-0.4, -0.2) is 48.6 Å². The minimum absolute atomic E-state index is 0.0949. The fourth-order valence-corrected chi connectivity index (χ4v) is 2.02. The molecule has 1 unspecified atom stereocenters. The van der Waals surface area contributed by atoms with Crippen molar-refractivity contribution in [2.24, 2.45) is 0 Å². The lowest BCUT2D eigenvalue weighted by molar-refractivity contribution is -0.122. The summed E-state index contributed by atoms with van der Waals surface area (Å²) in [6.45, 7) is 15.4. The minimum atomic E-state index is -0.113. The van der Waals surface area contributed by atoms with Gasteiger partial charge in [0.1, 0.15) is 0 Å². The molecule has 0 rings (SSSR count). The molecular weight excluding hydrogens is 226 g/mol. The van der Waals surface area contributed by atoms with Crippen LogP contribution in [0.15, 0.2) is 0 Å². The normalized spacial score (nSPS) is 13.4. The van der Waals surface area contributed by atoms with Gasteiger partial charge in [0.15, 0.2) is 0 Å². The van der Waals surface area contributed by atoms with E-state index in [1.165, 1.54) is 0 Å². The average molecular weight is 257 g/mol. The van der Waals surface area contributed by atoms with Crippen molar-refractivity contribution in [3.8, 4) is 0 Å². The second-order valence-electron chi connectivity index (χ2n) is 5.39. The van der Waals surface area contributed by atoms with Crippen LogP contribution in [0.1, 0.15) is 48.0 Å². The predicted octanol–water partition coefficient (Wildman–Crippen LogP) is 1.61. The van der Waals surface area contributed by atoms with Crippen molar-refractivity contribution >= 4 is 5.91 Å². The molecular formula is C14H31N3O. The highest BCUT2D eigenvalue weighted by Crippen LogP contribution is 2.03. The molecule has 0 aliphatic heterocycles. The summed E-state index contributed by atoms with van der Waals surface area (Å²) in [7, 11) is 0. The molecule has 4 heteroatoms. The molecule has 0 fully saturated rings. The number of hydrogen-bond acceptors (Lipinski definition) is 3. The lowest BCUT2D eigenvalue weighted by atomic mass is 10.2. The zero-order valence-corrected chi connectivity index (χ0v) is 12.9. The lowest BCUT2D eigenvalue weighted by Crippen LogP contribution is -2.47. The second-order valence-corrected chi connectivity index (χ2v) is 5.39. The van der Waals surface area contributed by atoms with Gasteiger partial charge in [-0.1, -0.05) is 6.92 Å². The number of amides is 1. The third kappa shape index (κ3) is 6.97. The Morgan fingerprint density at radius 1 is 1.06 bits per heavy atom. The molecule has 0 saturated carbocycles. The van der Waals surface area contributed by atoms with E-state index in [1.807, 2.05) is 6.92 Å². The van der Waals surface area contributed by atoms with Crippen molar-refractivity contribution < 1.29 is 4.79 Å². The standard InChI is InChI=1S/C14H31N3O/c1-7-8-16-14(18)13(6)15-9-10-17(11(2)3)12(4)5/h11-13,15H,7-10H2,1-6H3,(H,16,18). The summed E-state index contributed by atoms with van der Waals surface area (Å²) in [5.41, 5.74) is 0. The maximum Gasteiger partial charge on any atom is 0.236 e. The summed E-state index contributed by atoms with van der Waals surface area (Å²) < 4.78 is 0. The highest BCUT2D eigenvalue weighted by Gasteiger charge is 2.15. The van der Waals surface area contributed by atoms with E-state index in [9.17, 15) is 4.79 Å². The monoisotopic (exact) mass is 257 g/mol. The number of hydrogen-bond donors (Lipinski definition) is 2. The fourth-order valence-electron chi connectivity index (χ4n) is 2.02. The highest BCUT2D eigenvalue weighted by molar-refractivity contribution is 5.81. The third-order valence-corrected chi connectivity index (χ3v) is 3.09. The summed E-state index contributed by atoms with van der Waals surface area (Å²) >= 11 is 0. The molecule has 0 aliphatic rings. The van der Waals surface area contributed by atoms with Gasteiger partial charge in [0, 0.05) is 31.7 Å². The fraction of sp³-hybridized carbons (Fsp3) is 0.929. The quantitative estimate of drug-likeness (QED) is 0.659. The van der Waals surface area contributed by atoms with Crippen LogP contribution in [0.3, 0.4) is 0 Å². The average Bonchev–Trinajstić information content (AvgIpc) is 2.30. The molecule has 0 heterocycles. The van der Waals surface area contributed by atoms with E-state index in [0.29, 0.717) is 12.1 Å². The van der Waals surface area contributed by atoms with Gasteiger partial charge >= 0.3 is 0 Å². The zero-order valence-electron chi connectivity index (χ0n) is 12.9. The Hall–Kier alpha value is -0.610. The van der Waals surface area contributed by atoms with E-state index in [1.54, 1.807) is 0 Å². The molecule has 4 nitrogen and oxygen atoms in total. The van der Waals surface area contributed by atoms with Crippen LogP contribution in [0.2, 0.25) is 0 Å². The van der Waals surface area contributed by atoms with Crippen molar-refractivity contribution in [1.82, 2.24) is 15.5 Å². The van der Waals surface area contributed by atoms with E-state index >= 15 is 0 Å². The van der Waals surface area contributed by atoms with Crippen molar-refractivity contribution in [1.29, 1.82) is 0 Å². The Balaban J connectivity index is 3.91. The van der Waals surface area contributed by atoms with Crippen LogP contribution in [0.5, 0.6) is 0 Å². The van der Waals surface area contributed by atoms with Crippen LogP contribution in [0.25, 0.3) is 0 Å². The van der Waals surface area contributed by atoms with Gasteiger partial charge in [-0.3, -0.25) is 9.69 Å². The van der Waals surface area contributed by atoms with Crippen molar-refractivity contribution in [3.05, 3.63) is 0 Å². The maximum absolute atomic E-state index is 11.7. The molecule has 0 aliphatic carbocycles. The molecule has 18 heavy (non-hydrogen) atoms. The topological polar surface area (TPSA) is 44.4 Å². The molecule has 108 valence electrons. The smallest absolute Gasteiger partial charge is 0.236 e. The van der Waals surface area contributed by atoms with Crippen molar-refractivity contribution in [3.63, 3.8) is 0 Å². The maximum atomic E-state index is 11.7. The minimum Gasteiger partial charge on any atom is -0.355 e. The van der Waals surface area contributed by atoms with Gasteiger partial charge in [0.05, 0.1) is 6.04 Å². The first-order valence-electron chi connectivity index (χ1n) is 7.17. The van der Waals surface area contributed by atoms with Crippen LogP contribution in [0, 0.1) is 0 Å². The van der Waals surface area contributed by atoms with E-state index in [4.69, 9.17) is 0 Å². The Labute approximate surface area is 113 Å². The van der Waals surface area contributed by atoms with Crippen LogP contribution < -0.4 is 10.6 Å². The summed E-state index contributed by atoms with van der Waals surface area (Å²) in [6.07, 6.45) is 0.979. The van der Waals surface area contributed by atoms with Gasteiger partial charge < -0.3 is 10.6 Å². The number of carbonyl (C=O) groups excluding carboxylic acids is 1. The van der Waals surface area contributed by atoms with Gasteiger partial charge in [-0.15, -0.1) is 0 Å². The second kappa shape index (κ2) is 9.34. The number of nitrogens with zero attached hydrogens (tertiary/aromatic N) is 1. The lowest BCUT2D eigenvalue weighted by Gasteiger charge is -2.30. The first-order valence-corrected chi connectivity index (χ1v) is 7.17. The Bertz CT molecular complexity index is 221. The first kappa shape index (κ1) is 17.4. The summed E-state index contributed by atoms with van der Waals surface area (Å²) in [5, 5.41) is 6.18. The molecule has 0 bridgehead atoms. The Kier molecular flexibility index (Phi) is 9.02. The number of carbonyl (C=O) groups is 1. The van der Waals surface area contributed by atoms with Gasteiger partial charge in [0.25, 0.3) is 0 Å². The predicted molar refractivity (Wildman–Crippen MR) is 77.7 cm³/mol. The highest BCUT2D eigenvalue weighted by atomic mass is 16.2. The largest absolute Gasteiger partial charge is 0.355 e. The van der Waals surface area contributed by atoms with E-state index in [0.717, 1.165) is 26.1 Å². The zero-order chi connectivity index (χ0) is 14.1. The molecule has 1 atom stereocenters. The first-order chi connectivity index (χ1) is 8.40. The van der Waals surface area contributed by atoms with Gasteiger partial charge in [-0.2, -0.15) is 0 Å². The molecule has 2 N–H and O–H groups in total. The molecule has 0 aromatic heterocycles. The van der Waals surface area contributed by atoms with E-state index in [-0.39, 0.29) is 11.9 Å². The molecule has 0 aromatic rings. The van der Waals surface area contributed by atoms with Crippen LogP contribution >= 0.6 is 0 Å². The molecule has 1 amide bonds. The van der Waals surface area contributed by atoms with Gasteiger partial charge in [-0.05, 0) is 41.0 Å². The van der Waals surface area contributed by atoms with Crippen molar-refractivity contribution in [2.75, 3.05) is 19.6 Å². The molecule has 0 spiro atoms. The SMILES string of the molecule is CCCNC(=O)C(C)NCCN(C(C)C)C(C)C. The van der Waals surface area contributed by atoms with Gasteiger partial charge in [-0.25, -0.2) is 0 Å². The van der Waals surface area contributed by atoms with E-state index < -0.39 is 0 Å². The number of nitrogens with one attached hydrogen (secondary N) is 2. The number of rotatable bonds is 9.